The average molecular weight is 723 g/mol. The summed E-state index contributed by atoms with van der Waals surface area (Å²) in [6, 6.07) is 5.03. The number of H-pyrrole nitrogens is 1. The summed E-state index contributed by atoms with van der Waals surface area (Å²) in [4.78, 5) is 58.9. The van der Waals surface area contributed by atoms with Gasteiger partial charge in [0.2, 0.25) is 5.43 Å². The van der Waals surface area contributed by atoms with Gasteiger partial charge in [-0.3, -0.25) is 9.69 Å². The fourth-order valence-electron chi connectivity index (χ4n) is 7.72. The molecule has 53 heavy (non-hydrogen) atoms. The van der Waals surface area contributed by atoms with Gasteiger partial charge in [-0.25, -0.2) is 23.9 Å². The number of halogens is 1. The number of nitrogens with one attached hydrogen (secondary N) is 1. The number of ether oxygens (including phenoxy) is 2. The monoisotopic (exact) mass is 722 g/mol. The Hall–Kier alpha value is -5.55. The molecule has 2 fully saturated rings. The van der Waals surface area contributed by atoms with E-state index in [0.29, 0.717) is 51.5 Å². The number of aromatic nitrogens is 4. The summed E-state index contributed by atoms with van der Waals surface area (Å²) >= 11 is 0. The molecule has 0 radical (unpaired) electrons. The van der Waals surface area contributed by atoms with Gasteiger partial charge >= 0.3 is 12.1 Å². The number of rotatable bonds is 4. The first kappa shape index (κ1) is 35.8. The second kappa shape index (κ2) is 12.5. The molecule has 1 aromatic carbocycles. The topological polar surface area (TPSA) is 150 Å². The second-order valence-corrected chi connectivity index (χ2v) is 16.1. The van der Waals surface area contributed by atoms with Crippen LogP contribution in [0.1, 0.15) is 63.9 Å². The van der Waals surface area contributed by atoms with E-state index in [1.54, 1.807) is 71.6 Å². The van der Waals surface area contributed by atoms with Crippen molar-refractivity contribution in [1.29, 1.82) is 5.26 Å². The highest BCUT2D eigenvalue weighted by molar-refractivity contribution is 6.21. The Balaban J connectivity index is 1.52. The molecule has 7 rings (SSSR count). The standard InChI is InChI=1S/C39H43FN8O5/c1-38(2,3)52-36(50)25-18-46(8)35-22(33(25)49)12-21(15-43-35)24-16-42-34-30(32(24)48-11-10-20-17-45(7)19-28(20)48)29-23(14-41)26(40)13-27(31(29)44-34)47(9)37(51)53-39(4,5)6/h12-13,15-16,18,20,28H,10-11,17,19H2,1-9H3,(H,42,44)/t20-,28+/m0/s1. The van der Waals surface area contributed by atoms with Crippen LogP contribution < -0.4 is 15.2 Å². The average Bonchev–Trinajstić information content (AvgIpc) is 3.75. The molecule has 5 aromatic rings. The van der Waals surface area contributed by atoms with Gasteiger partial charge in [0.15, 0.2) is 0 Å². The molecule has 0 saturated carbocycles. The lowest BCUT2D eigenvalue weighted by molar-refractivity contribution is 0.00671. The molecular formula is C39H43FN8O5. The van der Waals surface area contributed by atoms with Gasteiger partial charge in [0.25, 0.3) is 0 Å². The number of likely N-dealkylation sites (N-methyl/N-ethyl adjacent to an activating group) is 1. The Morgan fingerprint density at radius 3 is 2.43 bits per heavy atom. The van der Waals surface area contributed by atoms with Crippen molar-refractivity contribution in [2.24, 2.45) is 13.0 Å². The Kier molecular flexibility index (Phi) is 8.48. The lowest BCUT2D eigenvalue weighted by Gasteiger charge is -2.29. The van der Waals surface area contributed by atoms with E-state index in [1.165, 1.54) is 18.1 Å². The minimum absolute atomic E-state index is 0.109. The summed E-state index contributed by atoms with van der Waals surface area (Å²) < 4.78 is 28.8. The Morgan fingerprint density at radius 2 is 1.75 bits per heavy atom. The summed E-state index contributed by atoms with van der Waals surface area (Å²) in [6.07, 6.45) is 4.99. The number of likely N-dealkylation sites (tertiary alicyclic amines) is 1. The third-order valence-corrected chi connectivity index (χ3v) is 9.90. The molecule has 13 nitrogen and oxygen atoms in total. The Bertz CT molecular complexity index is 2450. The molecule has 6 heterocycles. The van der Waals surface area contributed by atoms with Gasteiger partial charge in [-0.1, -0.05) is 0 Å². The van der Waals surface area contributed by atoms with Crippen LogP contribution in [0.15, 0.2) is 35.5 Å². The molecule has 2 aliphatic heterocycles. The number of esters is 1. The number of carbonyl (C=O) groups excluding carboxylic acids is 2. The zero-order valence-electron chi connectivity index (χ0n) is 31.4. The number of fused-ring (bicyclic) bond motifs is 5. The molecule has 2 aliphatic rings. The van der Waals surface area contributed by atoms with E-state index < -0.39 is 34.5 Å². The first-order valence-corrected chi connectivity index (χ1v) is 17.6. The van der Waals surface area contributed by atoms with E-state index >= 15 is 4.39 Å². The number of benzene rings is 1. The normalized spacial score (nSPS) is 17.8. The number of hydrogen-bond acceptors (Lipinski definition) is 10. The van der Waals surface area contributed by atoms with Crippen molar-refractivity contribution in [2.75, 3.05) is 43.5 Å². The van der Waals surface area contributed by atoms with Crippen molar-refractivity contribution < 1.29 is 23.5 Å². The van der Waals surface area contributed by atoms with Crippen molar-refractivity contribution in [3.63, 3.8) is 0 Å². The molecule has 0 unspecified atom stereocenters. The fraction of sp³-hybridized carbons (Fsp3) is 0.436. The number of aromatic amines is 1. The minimum atomic E-state index is -0.808. The van der Waals surface area contributed by atoms with Gasteiger partial charge in [0, 0.05) is 80.9 Å². The number of anilines is 2. The SMILES string of the molecule is CN1C[C@@H]2CCN(c3c(-c4cnc5c(c4)c(=O)c(C(=O)OC(C)(C)C)cn5C)cnc4[nH]c5c(N(C)C(=O)OC(C)(C)C)cc(F)c(C#N)c5c34)[C@@H]2C1. The highest BCUT2D eigenvalue weighted by atomic mass is 19.1. The summed E-state index contributed by atoms with van der Waals surface area (Å²) in [6.45, 7) is 12.8. The summed E-state index contributed by atoms with van der Waals surface area (Å²) in [5.74, 6) is -1.16. The van der Waals surface area contributed by atoms with E-state index in [9.17, 15) is 19.6 Å². The maximum absolute atomic E-state index is 16.1. The second-order valence-electron chi connectivity index (χ2n) is 16.1. The van der Waals surface area contributed by atoms with Gasteiger partial charge in [-0.15, -0.1) is 0 Å². The first-order valence-electron chi connectivity index (χ1n) is 17.6. The van der Waals surface area contributed by atoms with E-state index in [0.717, 1.165) is 25.6 Å². The maximum Gasteiger partial charge on any atom is 0.414 e. The van der Waals surface area contributed by atoms with Gasteiger partial charge < -0.3 is 28.8 Å². The minimum Gasteiger partial charge on any atom is -0.456 e. The zero-order chi connectivity index (χ0) is 38.3. The number of nitriles is 1. The van der Waals surface area contributed by atoms with E-state index in [2.05, 4.69) is 32.9 Å². The highest BCUT2D eigenvalue weighted by Gasteiger charge is 2.42. The van der Waals surface area contributed by atoms with Crippen molar-refractivity contribution in [3.05, 3.63) is 57.9 Å². The number of carbonyl (C=O) groups is 2. The van der Waals surface area contributed by atoms with Gasteiger partial charge in [0.1, 0.15) is 39.9 Å². The summed E-state index contributed by atoms with van der Waals surface area (Å²) in [5.41, 5.74) is 0.721. The molecule has 4 aromatic heterocycles. The summed E-state index contributed by atoms with van der Waals surface area (Å²) in [5, 5.41) is 11.4. The Labute approximate surface area is 305 Å². The molecular weight excluding hydrogens is 679 g/mol. The number of amides is 1. The third-order valence-electron chi connectivity index (χ3n) is 9.90. The lowest BCUT2D eigenvalue weighted by Crippen LogP contribution is -2.35. The quantitative estimate of drug-likeness (QED) is 0.216. The van der Waals surface area contributed by atoms with Crippen LogP contribution in [0.2, 0.25) is 0 Å². The molecule has 0 bridgehead atoms. The fourth-order valence-corrected chi connectivity index (χ4v) is 7.72. The predicted octanol–water partition coefficient (Wildman–Crippen LogP) is 6.11. The number of aryl methyl sites for hydroxylation is 1. The molecule has 2 saturated heterocycles. The van der Waals surface area contributed by atoms with Crippen LogP contribution in [-0.2, 0) is 16.5 Å². The van der Waals surface area contributed by atoms with Crippen molar-refractivity contribution in [1.82, 2.24) is 24.4 Å². The molecule has 0 spiro atoms. The van der Waals surface area contributed by atoms with Gasteiger partial charge in [0.05, 0.1) is 33.2 Å². The van der Waals surface area contributed by atoms with Crippen LogP contribution >= 0.6 is 0 Å². The van der Waals surface area contributed by atoms with Crippen LogP contribution in [0.3, 0.4) is 0 Å². The maximum atomic E-state index is 16.1. The number of hydrogen-bond donors (Lipinski definition) is 1. The molecule has 1 N–H and O–H groups in total. The van der Waals surface area contributed by atoms with Crippen molar-refractivity contribution >= 4 is 56.4 Å². The molecule has 276 valence electrons. The van der Waals surface area contributed by atoms with Crippen LogP contribution in [0.4, 0.5) is 20.6 Å². The predicted molar refractivity (Wildman–Crippen MR) is 201 cm³/mol. The highest BCUT2D eigenvalue weighted by Crippen LogP contribution is 2.47. The number of pyridine rings is 3. The smallest absolute Gasteiger partial charge is 0.414 e. The first-order chi connectivity index (χ1) is 24.9. The lowest BCUT2D eigenvalue weighted by atomic mass is 9.98. The molecule has 14 heteroatoms. The van der Waals surface area contributed by atoms with E-state index in [1.807, 2.05) is 0 Å². The molecule has 1 amide bonds. The third kappa shape index (κ3) is 6.22. The van der Waals surface area contributed by atoms with Gasteiger partial charge in [-0.2, -0.15) is 5.26 Å². The van der Waals surface area contributed by atoms with Crippen LogP contribution in [0.5, 0.6) is 0 Å². The van der Waals surface area contributed by atoms with Crippen molar-refractivity contribution in [3.8, 4) is 17.2 Å². The number of nitrogens with zero attached hydrogens (tertiary/aromatic N) is 7. The van der Waals surface area contributed by atoms with Crippen LogP contribution in [0.25, 0.3) is 44.1 Å². The van der Waals surface area contributed by atoms with E-state index in [4.69, 9.17) is 14.5 Å². The Morgan fingerprint density at radius 1 is 1.04 bits per heavy atom. The summed E-state index contributed by atoms with van der Waals surface area (Å²) in [7, 11) is 5.28. The van der Waals surface area contributed by atoms with Gasteiger partial charge in [-0.05, 0) is 67.0 Å². The van der Waals surface area contributed by atoms with Crippen LogP contribution in [-0.4, -0.2) is 87.5 Å². The van der Waals surface area contributed by atoms with E-state index in [-0.39, 0.29) is 33.6 Å². The molecule has 0 aliphatic carbocycles. The zero-order valence-corrected chi connectivity index (χ0v) is 31.4. The van der Waals surface area contributed by atoms with Crippen LogP contribution in [0, 0.1) is 23.1 Å². The van der Waals surface area contributed by atoms with Crippen molar-refractivity contribution in [2.45, 2.75) is 65.2 Å². The largest absolute Gasteiger partial charge is 0.456 e. The molecule has 2 atom stereocenters.